The van der Waals surface area contributed by atoms with E-state index >= 15 is 0 Å². The minimum Gasteiger partial charge on any atom is -0.478 e. The standard InChI is InChI=1S/C22H22F2N2O3S2/c1-4-9-22(3,21(27)28)29-18-8-6-15(10-13(18)2)30-12-19-25-26-20(31-19)14-5-7-16(23)17(24)11-14/h5-8,10-11H,4,9,12H2,1-3H3,(H,27,28). The van der Waals surface area contributed by atoms with Gasteiger partial charge in [0.1, 0.15) is 15.8 Å². The zero-order chi connectivity index (χ0) is 22.6. The molecule has 0 aliphatic heterocycles. The van der Waals surface area contributed by atoms with Crippen molar-refractivity contribution in [3.05, 3.63) is 58.6 Å². The Morgan fingerprint density at radius 2 is 1.97 bits per heavy atom. The van der Waals surface area contributed by atoms with Crippen LogP contribution in [0.3, 0.4) is 0 Å². The van der Waals surface area contributed by atoms with Gasteiger partial charge in [0.25, 0.3) is 0 Å². The fraction of sp³-hybridized carbons (Fsp3) is 0.318. The first kappa shape index (κ1) is 23.1. The monoisotopic (exact) mass is 464 g/mol. The number of hydrogen-bond donors (Lipinski definition) is 1. The lowest BCUT2D eigenvalue weighted by Gasteiger charge is -2.27. The highest BCUT2D eigenvalue weighted by Gasteiger charge is 2.35. The lowest BCUT2D eigenvalue weighted by Crippen LogP contribution is -2.41. The third-order valence-corrected chi connectivity index (χ3v) is 6.82. The molecule has 1 unspecified atom stereocenters. The molecule has 0 saturated heterocycles. The average molecular weight is 465 g/mol. The van der Waals surface area contributed by atoms with Gasteiger partial charge in [-0.3, -0.25) is 0 Å². The molecule has 0 fully saturated rings. The van der Waals surface area contributed by atoms with Gasteiger partial charge in [0, 0.05) is 10.5 Å². The third-order valence-electron chi connectivity index (χ3n) is 4.66. The molecule has 0 aliphatic rings. The molecule has 1 aromatic heterocycles. The van der Waals surface area contributed by atoms with Crippen molar-refractivity contribution in [2.45, 2.75) is 49.9 Å². The molecule has 1 atom stereocenters. The van der Waals surface area contributed by atoms with Crippen LogP contribution in [-0.2, 0) is 10.5 Å². The Labute approximate surface area is 187 Å². The molecule has 1 N–H and O–H groups in total. The van der Waals surface area contributed by atoms with Gasteiger partial charge in [0.15, 0.2) is 11.6 Å². The smallest absolute Gasteiger partial charge is 0.347 e. The third kappa shape index (κ3) is 5.59. The molecule has 2 aromatic carbocycles. The molecule has 3 aromatic rings. The van der Waals surface area contributed by atoms with Gasteiger partial charge < -0.3 is 9.84 Å². The highest BCUT2D eigenvalue weighted by atomic mass is 32.2. The highest BCUT2D eigenvalue weighted by Crippen LogP contribution is 2.33. The predicted molar refractivity (Wildman–Crippen MR) is 118 cm³/mol. The summed E-state index contributed by atoms with van der Waals surface area (Å²) in [5, 5.41) is 19.0. The number of aromatic nitrogens is 2. The second kappa shape index (κ2) is 9.74. The zero-order valence-corrected chi connectivity index (χ0v) is 18.9. The number of carboxylic acids is 1. The fourth-order valence-electron chi connectivity index (χ4n) is 2.95. The molecule has 0 saturated carbocycles. The van der Waals surface area contributed by atoms with Crippen molar-refractivity contribution in [1.29, 1.82) is 0 Å². The number of thioether (sulfide) groups is 1. The van der Waals surface area contributed by atoms with Crippen molar-refractivity contribution in [3.63, 3.8) is 0 Å². The van der Waals surface area contributed by atoms with Crippen molar-refractivity contribution in [2.24, 2.45) is 0 Å². The number of halogens is 2. The molecule has 9 heteroatoms. The van der Waals surface area contributed by atoms with Gasteiger partial charge in [-0.1, -0.05) is 24.7 Å². The number of hydrogen-bond acceptors (Lipinski definition) is 6. The van der Waals surface area contributed by atoms with Gasteiger partial charge in [0.05, 0.1) is 5.75 Å². The van der Waals surface area contributed by atoms with Crippen LogP contribution in [-0.4, -0.2) is 26.9 Å². The minimum atomic E-state index is -1.27. The molecule has 0 spiro atoms. The summed E-state index contributed by atoms with van der Waals surface area (Å²) in [4.78, 5) is 12.6. The minimum absolute atomic E-state index is 0.412. The van der Waals surface area contributed by atoms with E-state index in [1.165, 1.54) is 17.4 Å². The maximum Gasteiger partial charge on any atom is 0.347 e. The fourth-order valence-corrected chi connectivity index (χ4v) is 4.77. The molecule has 3 rings (SSSR count). The maximum atomic E-state index is 13.4. The summed E-state index contributed by atoms with van der Waals surface area (Å²) < 4.78 is 32.4. The maximum absolute atomic E-state index is 13.4. The molecule has 31 heavy (non-hydrogen) atoms. The Balaban J connectivity index is 1.66. The van der Waals surface area contributed by atoms with Crippen molar-refractivity contribution < 1.29 is 23.4 Å². The number of aryl methyl sites for hydroxylation is 1. The van der Waals surface area contributed by atoms with Crippen LogP contribution >= 0.6 is 23.1 Å². The van der Waals surface area contributed by atoms with E-state index in [1.54, 1.807) is 24.8 Å². The van der Waals surface area contributed by atoms with Gasteiger partial charge in [-0.15, -0.1) is 22.0 Å². The lowest BCUT2D eigenvalue weighted by atomic mass is 10.0. The number of benzene rings is 2. The average Bonchev–Trinajstić information content (AvgIpc) is 3.19. The number of nitrogens with zero attached hydrogens (tertiary/aromatic N) is 2. The van der Waals surface area contributed by atoms with E-state index in [4.69, 9.17) is 4.74 Å². The van der Waals surface area contributed by atoms with Crippen molar-refractivity contribution in [1.82, 2.24) is 10.2 Å². The van der Waals surface area contributed by atoms with Crippen LogP contribution in [0.25, 0.3) is 10.6 Å². The second-order valence-electron chi connectivity index (χ2n) is 7.23. The molecule has 5 nitrogen and oxygen atoms in total. The number of ether oxygens (including phenoxy) is 1. The van der Waals surface area contributed by atoms with Gasteiger partial charge in [-0.2, -0.15) is 0 Å². The number of rotatable bonds is 9. The largest absolute Gasteiger partial charge is 0.478 e. The first-order chi connectivity index (χ1) is 14.7. The summed E-state index contributed by atoms with van der Waals surface area (Å²) in [5.41, 5.74) is 0.0589. The van der Waals surface area contributed by atoms with Gasteiger partial charge in [0.2, 0.25) is 5.60 Å². The summed E-state index contributed by atoms with van der Waals surface area (Å²) in [6.07, 6.45) is 1.11. The van der Waals surface area contributed by atoms with E-state index in [2.05, 4.69) is 10.2 Å². The van der Waals surface area contributed by atoms with E-state index < -0.39 is 23.2 Å². The van der Waals surface area contributed by atoms with Crippen LogP contribution in [0.2, 0.25) is 0 Å². The van der Waals surface area contributed by atoms with Crippen molar-refractivity contribution >= 4 is 29.1 Å². The van der Waals surface area contributed by atoms with Crippen molar-refractivity contribution in [2.75, 3.05) is 0 Å². The molecule has 1 heterocycles. The number of aliphatic carboxylic acids is 1. The van der Waals surface area contributed by atoms with Crippen LogP contribution in [0, 0.1) is 18.6 Å². The van der Waals surface area contributed by atoms with Gasteiger partial charge >= 0.3 is 5.97 Å². The van der Waals surface area contributed by atoms with E-state index in [-0.39, 0.29) is 0 Å². The van der Waals surface area contributed by atoms with Crippen molar-refractivity contribution in [3.8, 4) is 16.3 Å². The Morgan fingerprint density at radius 3 is 2.61 bits per heavy atom. The highest BCUT2D eigenvalue weighted by molar-refractivity contribution is 7.98. The second-order valence-corrected chi connectivity index (χ2v) is 9.34. The Bertz CT molecular complexity index is 1090. The number of carbonyl (C=O) groups is 1. The normalized spacial score (nSPS) is 13.1. The first-order valence-corrected chi connectivity index (χ1v) is 11.5. The van der Waals surface area contributed by atoms with E-state index in [0.717, 1.165) is 27.6 Å². The van der Waals surface area contributed by atoms with E-state index in [1.807, 2.05) is 26.0 Å². The van der Waals surface area contributed by atoms with Crippen LogP contribution in [0.5, 0.6) is 5.75 Å². The zero-order valence-electron chi connectivity index (χ0n) is 17.3. The lowest BCUT2D eigenvalue weighted by molar-refractivity contribution is -0.154. The van der Waals surface area contributed by atoms with Gasteiger partial charge in [-0.25, -0.2) is 13.6 Å². The molecular formula is C22H22F2N2O3S2. The summed E-state index contributed by atoms with van der Waals surface area (Å²) >= 11 is 2.87. The molecular weight excluding hydrogens is 442 g/mol. The Kier molecular flexibility index (Phi) is 7.27. The molecule has 0 amide bonds. The SMILES string of the molecule is CCCC(C)(Oc1ccc(SCc2nnc(-c3ccc(F)c(F)c3)s2)cc1C)C(=O)O. The molecule has 0 aliphatic carbocycles. The Morgan fingerprint density at radius 1 is 1.19 bits per heavy atom. The predicted octanol–water partition coefficient (Wildman–Crippen LogP) is 6.11. The molecule has 164 valence electrons. The summed E-state index contributed by atoms with van der Waals surface area (Å²) in [6, 6.07) is 9.24. The summed E-state index contributed by atoms with van der Waals surface area (Å²) in [6.45, 7) is 5.38. The van der Waals surface area contributed by atoms with E-state index in [0.29, 0.717) is 34.9 Å². The number of carboxylic acid groups (broad SMARTS) is 1. The Hall–Kier alpha value is -2.52. The topological polar surface area (TPSA) is 72.3 Å². The molecule has 0 bridgehead atoms. The van der Waals surface area contributed by atoms with Crippen LogP contribution in [0.1, 0.15) is 37.3 Å². The van der Waals surface area contributed by atoms with Crippen LogP contribution < -0.4 is 4.74 Å². The first-order valence-electron chi connectivity index (χ1n) is 9.65. The van der Waals surface area contributed by atoms with Crippen LogP contribution in [0.4, 0.5) is 8.78 Å². The summed E-state index contributed by atoms with van der Waals surface area (Å²) in [7, 11) is 0. The molecule has 0 radical (unpaired) electrons. The van der Waals surface area contributed by atoms with Gasteiger partial charge in [-0.05, 0) is 62.2 Å². The summed E-state index contributed by atoms with van der Waals surface area (Å²) in [5.74, 6) is -1.70. The quantitative estimate of drug-likeness (QED) is 0.386. The van der Waals surface area contributed by atoms with E-state index in [9.17, 15) is 18.7 Å². The van der Waals surface area contributed by atoms with Crippen LogP contribution in [0.15, 0.2) is 41.3 Å².